The van der Waals surface area contributed by atoms with E-state index in [0.29, 0.717) is 12.5 Å². The van der Waals surface area contributed by atoms with Gasteiger partial charge in [-0.05, 0) is 51.9 Å². The van der Waals surface area contributed by atoms with Gasteiger partial charge in [-0.2, -0.15) is 0 Å². The molecule has 1 unspecified atom stereocenters. The van der Waals surface area contributed by atoms with Gasteiger partial charge in [0.15, 0.2) is 6.29 Å². The smallest absolute Gasteiger partial charge is 0.235 e. The van der Waals surface area contributed by atoms with Crippen LogP contribution in [-0.4, -0.2) is 59.8 Å². The molecule has 0 amide bonds. The Morgan fingerprint density at radius 2 is 1.93 bits per heavy atom. The van der Waals surface area contributed by atoms with Crippen LogP contribution in [0.5, 0.6) is 5.88 Å². The second-order valence-electron chi connectivity index (χ2n) is 8.11. The lowest BCUT2D eigenvalue weighted by atomic mass is 9.98. The first-order chi connectivity index (χ1) is 14.1. The molecule has 1 aromatic heterocycles. The third-order valence-corrected chi connectivity index (χ3v) is 5.94. The summed E-state index contributed by atoms with van der Waals surface area (Å²) < 4.78 is 17.9. The van der Waals surface area contributed by atoms with Crippen LogP contribution in [0.25, 0.3) is 5.70 Å². The van der Waals surface area contributed by atoms with Crippen molar-refractivity contribution < 1.29 is 14.2 Å². The molecule has 8 heteroatoms. The van der Waals surface area contributed by atoms with E-state index in [1.54, 1.807) is 6.20 Å². The lowest BCUT2D eigenvalue weighted by Crippen LogP contribution is -2.38. The van der Waals surface area contributed by atoms with Crippen LogP contribution in [0.2, 0.25) is 0 Å². The minimum Gasteiger partial charge on any atom is -0.473 e. The third-order valence-electron chi connectivity index (χ3n) is 5.94. The van der Waals surface area contributed by atoms with Crippen molar-refractivity contribution in [1.29, 1.82) is 0 Å². The summed E-state index contributed by atoms with van der Waals surface area (Å²) in [6.07, 6.45) is 11.1. The highest BCUT2D eigenvalue weighted by atomic mass is 16.7. The summed E-state index contributed by atoms with van der Waals surface area (Å²) in [6, 6.07) is 0. The zero-order valence-corrected chi connectivity index (χ0v) is 17.8. The molecule has 3 aliphatic rings. The molecule has 1 saturated carbocycles. The van der Waals surface area contributed by atoms with Crippen LogP contribution in [0, 0.1) is 6.92 Å². The Morgan fingerprint density at radius 3 is 2.66 bits per heavy atom. The van der Waals surface area contributed by atoms with Gasteiger partial charge in [0.1, 0.15) is 23.2 Å². The Morgan fingerprint density at radius 1 is 1.14 bits per heavy atom. The molecule has 0 spiro atoms. The van der Waals surface area contributed by atoms with E-state index in [2.05, 4.69) is 10.4 Å². The fraction of sp³-hybridized carbons (Fsp3) is 0.714. The van der Waals surface area contributed by atoms with E-state index in [9.17, 15) is 0 Å². The van der Waals surface area contributed by atoms with Crippen LogP contribution in [0.4, 0.5) is 0 Å². The number of hydrogen-bond donors (Lipinski definition) is 1. The minimum absolute atomic E-state index is 0.129. The molecule has 1 saturated heterocycles. The second kappa shape index (κ2) is 9.28. The van der Waals surface area contributed by atoms with Crippen LogP contribution in [-0.2, 0) is 9.47 Å². The molecule has 29 heavy (non-hydrogen) atoms. The highest BCUT2D eigenvalue weighted by Crippen LogP contribution is 2.28. The van der Waals surface area contributed by atoms with Gasteiger partial charge >= 0.3 is 0 Å². The molecular formula is C21H33N5O3. The molecule has 8 nitrogen and oxygen atoms in total. The van der Waals surface area contributed by atoms with Gasteiger partial charge in [-0.3, -0.25) is 10.4 Å². The molecule has 2 aliphatic heterocycles. The number of rotatable bonds is 6. The van der Waals surface area contributed by atoms with Crippen molar-refractivity contribution in [2.45, 2.75) is 70.7 Å². The Bertz CT molecular complexity index is 729. The number of aromatic nitrogens is 2. The summed E-state index contributed by atoms with van der Waals surface area (Å²) in [5, 5.41) is 3.95. The Hall–Kier alpha value is -1.90. The number of likely N-dealkylation sites (N-methyl/N-ethyl adjacent to an activating group) is 1. The normalized spacial score (nSPS) is 24.1. The maximum atomic E-state index is 6.13. The molecule has 2 fully saturated rings. The molecule has 0 bridgehead atoms. The van der Waals surface area contributed by atoms with Gasteiger partial charge in [-0.15, -0.1) is 5.12 Å². The van der Waals surface area contributed by atoms with Crippen molar-refractivity contribution in [2.24, 2.45) is 0 Å². The summed E-state index contributed by atoms with van der Waals surface area (Å²) in [7, 11) is 3.96. The van der Waals surface area contributed by atoms with Gasteiger partial charge in [-0.1, -0.05) is 6.42 Å². The number of ether oxygens (including phenoxy) is 3. The predicted octanol–water partition coefficient (Wildman–Crippen LogP) is 3.01. The SMILES string of the molecule is Cc1nc(C2=C(COC3CCCCO3)N(C)N(C)N2)cnc1OC1CCCCC1. The topological polar surface area (TPSA) is 72.0 Å². The highest BCUT2D eigenvalue weighted by molar-refractivity contribution is 5.65. The third kappa shape index (κ3) is 4.82. The van der Waals surface area contributed by atoms with Crippen LogP contribution < -0.4 is 10.2 Å². The molecule has 1 aromatic rings. The van der Waals surface area contributed by atoms with Gasteiger partial charge < -0.3 is 14.2 Å². The minimum atomic E-state index is -0.129. The maximum absolute atomic E-state index is 6.13. The average Bonchev–Trinajstić information content (AvgIpc) is 3.03. The molecule has 1 atom stereocenters. The molecule has 1 N–H and O–H groups in total. The van der Waals surface area contributed by atoms with Gasteiger partial charge in [0.05, 0.1) is 18.5 Å². The number of nitrogens with zero attached hydrogens (tertiary/aromatic N) is 4. The lowest BCUT2D eigenvalue weighted by Gasteiger charge is -2.26. The fourth-order valence-corrected chi connectivity index (χ4v) is 4.08. The zero-order chi connectivity index (χ0) is 20.2. The van der Waals surface area contributed by atoms with Crippen molar-refractivity contribution in [3.8, 4) is 5.88 Å². The summed E-state index contributed by atoms with van der Waals surface area (Å²) in [6.45, 7) is 3.19. The standard InChI is InChI=1S/C21H33N5O3/c1-15-21(29-16-9-5-4-6-10-16)22-13-17(23-15)20-18(25(2)26(3)24-20)14-28-19-11-7-8-12-27-19/h13,16,19,24H,4-12,14H2,1-3H3. The van der Waals surface area contributed by atoms with Crippen LogP contribution in [0.1, 0.15) is 62.8 Å². The predicted molar refractivity (Wildman–Crippen MR) is 109 cm³/mol. The van der Waals surface area contributed by atoms with Crippen molar-refractivity contribution in [1.82, 2.24) is 25.5 Å². The summed E-state index contributed by atoms with van der Waals surface area (Å²) >= 11 is 0. The quantitative estimate of drug-likeness (QED) is 0.777. The van der Waals surface area contributed by atoms with Crippen LogP contribution >= 0.6 is 0 Å². The van der Waals surface area contributed by atoms with Gasteiger partial charge in [0.2, 0.25) is 5.88 Å². The Kier molecular flexibility index (Phi) is 6.52. The van der Waals surface area contributed by atoms with Crippen molar-refractivity contribution >= 4 is 5.70 Å². The number of nitrogens with one attached hydrogen (secondary N) is 1. The maximum Gasteiger partial charge on any atom is 0.235 e. The van der Waals surface area contributed by atoms with E-state index < -0.39 is 0 Å². The molecule has 1 aliphatic carbocycles. The van der Waals surface area contributed by atoms with Gasteiger partial charge in [0, 0.05) is 20.7 Å². The molecule has 4 rings (SSSR count). The summed E-state index contributed by atoms with van der Waals surface area (Å²) in [5.74, 6) is 0.648. The first-order valence-corrected chi connectivity index (χ1v) is 10.8. The van der Waals surface area contributed by atoms with E-state index >= 15 is 0 Å². The van der Waals surface area contributed by atoms with Crippen molar-refractivity contribution in [3.63, 3.8) is 0 Å². The van der Waals surface area contributed by atoms with E-state index in [4.69, 9.17) is 19.2 Å². The Balaban J connectivity index is 1.48. The first-order valence-electron chi connectivity index (χ1n) is 10.8. The fourth-order valence-electron chi connectivity index (χ4n) is 4.08. The number of hydrazine groups is 2. The van der Waals surface area contributed by atoms with E-state index in [-0.39, 0.29) is 12.4 Å². The largest absolute Gasteiger partial charge is 0.473 e. The van der Waals surface area contributed by atoms with Gasteiger partial charge in [-0.25, -0.2) is 9.97 Å². The van der Waals surface area contributed by atoms with E-state index in [0.717, 1.165) is 61.5 Å². The molecular weight excluding hydrogens is 370 g/mol. The molecule has 0 aromatic carbocycles. The average molecular weight is 404 g/mol. The lowest BCUT2D eigenvalue weighted by molar-refractivity contribution is -0.160. The van der Waals surface area contributed by atoms with E-state index in [1.807, 2.05) is 31.1 Å². The number of hydrogen-bond acceptors (Lipinski definition) is 8. The zero-order valence-electron chi connectivity index (χ0n) is 17.8. The molecule has 0 radical (unpaired) electrons. The summed E-state index contributed by atoms with van der Waals surface area (Å²) in [5.41, 5.74) is 6.88. The second-order valence-corrected chi connectivity index (χ2v) is 8.11. The Labute approximate surface area is 173 Å². The summed E-state index contributed by atoms with van der Waals surface area (Å²) in [4.78, 5) is 9.38. The van der Waals surface area contributed by atoms with E-state index in [1.165, 1.54) is 19.3 Å². The first kappa shape index (κ1) is 20.4. The van der Waals surface area contributed by atoms with Crippen molar-refractivity contribution in [3.05, 3.63) is 23.3 Å². The molecule has 160 valence electrons. The highest BCUT2D eigenvalue weighted by Gasteiger charge is 2.28. The molecule has 3 heterocycles. The van der Waals surface area contributed by atoms with Crippen LogP contribution in [0.3, 0.4) is 0 Å². The number of aryl methyl sites for hydroxylation is 1. The monoisotopic (exact) mass is 403 g/mol. The van der Waals surface area contributed by atoms with Crippen LogP contribution in [0.15, 0.2) is 11.9 Å². The van der Waals surface area contributed by atoms with Crippen molar-refractivity contribution in [2.75, 3.05) is 27.3 Å². The van der Waals surface area contributed by atoms with Gasteiger partial charge in [0.25, 0.3) is 0 Å².